The molecule has 2 aromatic carbocycles. The molecule has 4 rings (SSSR count). The summed E-state index contributed by atoms with van der Waals surface area (Å²) in [6.07, 6.45) is 0. The summed E-state index contributed by atoms with van der Waals surface area (Å²) in [5.41, 5.74) is 3.84. The number of benzene rings is 2. The quantitative estimate of drug-likeness (QED) is 0.573. The molecule has 0 aliphatic carbocycles. The Morgan fingerprint density at radius 1 is 1.00 bits per heavy atom. The molecule has 2 aromatic heterocycles. The van der Waals surface area contributed by atoms with E-state index in [0.29, 0.717) is 12.4 Å². The van der Waals surface area contributed by atoms with E-state index in [-0.39, 0.29) is 0 Å². The largest absolute Gasteiger partial charge is 0.497 e. The first-order valence-corrected chi connectivity index (χ1v) is 8.39. The van der Waals surface area contributed by atoms with Crippen LogP contribution in [-0.4, -0.2) is 27.0 Å². The second-order valence-electron chi connectivity index (χ2n) is 6.00. The molecule has 0 bridgehead atoms. The third-order valence-corrected chi connectivity index (χ3v) is 4.08. The minimum atomic E-state index is 0.563. The average Bonchev–Trinajstić information content (AvgIpc) is 3.09. The molecular formula is C20H19N5O. The lowest BCUT2D eigenvalue weighted by Gasteiger charge is -2.08. The lowest BCUT2D eigenvalue weighted by atomic mass is 10.2. The molecular weight excluding hydrogens is 326 g/mol. The van der Waals surface area contributed by atoms with Crippen molar-refractivity contribution in [2.24, 2.45) is 0 Å². The van der Waals surface area contributed by atoms with Gasteiger partial charge in [0, 0.05) is 17.3 Å². The summed E-state index contributed by atoms with van der Waals surface area (Å²) in [5, 5.41) is 3.33. The van der Waals surface area contributed by atoms with Crippen molar-refractivity contribution >= 4 is 16.9 Å². The number of ether oxygens (including phenoxy) is 1. The van der Waals surface area contributed by atoms with E-state index in [1.165, 1.54) is 0 Å². The number of methoxy groups -OCH3 is 1. The monoisotopic (exact) mass is 345 g/mol. The van der Waals surface area contributed by atoms with Crippen LogP contribution in [0.4, 0.5) is 5.82 Å². The normalized spacial score (nSPS) is 10.8. The Kier molecular flexibility index (Phi) is 4.23. The van der Waals surface area contributed by atoms with E-state index in [4.69, 9.17) is 4.74 Å². The van der Waals surface area contributed by atoms with Crippen LogP contribution < -0.4 is 10.1 Å². The van der Waals surface area contributed by atoms with Crippen LogP contribution >= 0.6 is 0 Å². The highest BCUT2D eigenvalue weighted by Crippen LogP contribution is 2.21. The summed E-state index contributed by atoms with van der Waals surface area (Å²) in [7, 11) is 1.65. The fourth-order valence-corrected chi connectivity index (χ4v) is 2.79. The van der Waals surface area contributed by atoms with Gasteiger partial charge in [-0.1, -0.05) is 12.1 Å². The maximum absolute atomic E-state index is 5.20. The van der Waals surface area contributed by atoms with Crippen LogP contribution in [0.25, 0.3) is 22.4 Å². The van der Waals surface area contributed by atoms with Crippen LogP contribution in [0.2, 0.25) is 0 Å². The first-order valence-electron chi connectivity index (χ1n) is 8.39. The van der Waals surface area contributed by atoms with Gasteiger partial charge >= 0.3 is 0 Å². The summed E-state index contributed by atoms with van der Waals surface area (Å²) in [4.78, 5) is 17.0. The van der Waals surface area contributed by atoms with Gasteiger partial charge in [0.25, 0.3) is 0 Å². The molecule has 26 heavy (non-hydrogen) atoms. The van der Waals surface area contributed by atoms with Crippen molar-refractivity contribution in [3.8, 4) is 17.1 Å². The SMILES string of the molecule is COc1ccc(-c2nc(C)cc(NCc3nc4ccccc4[nH]3)n2)cc1. The van der Waals surface area contributed by atoms with Crippen molar-refractivity contribution in [1.29, 1.82) is 0 Å². The minimum Gasteiger partial charge on any atom is -0.497 e. The molecule has 0 saturated heterocycles. The van der Waals surface area contributed by atoms with Crippen LogP contribution in [-0.2, 0) is 6.54 Å². The molecule has 0 saturated carbocycles. The molecule has 2 N–H and O–H groups in total. The molecule has 0 aliphatic rings. The number of nitrogens with zero attached hydrogens (tertiary/aromatic N) is 3. The predicted molar refractivity (Wildman–Crippen MR) is 102 cm³/mol. The highest BCUT2D eigenvalue weighted by molar-refractivity contribution is 5.74. The highest BCUT2D eigenvalue weighted by atomic mass is 16.5. The van der Waals surface area contributed by atoms with E-state index in [9.17, 15) is 0 Å². The van der Waals surface area contributed by atoms with Crippen molar-refractivity contribution in [2.45, 2.75) is 13.5 Å². The number of nitrogens with one attached hydrogen (secondary N) is 2. The van der Waals surface area contributed by atoms with Gasteiger partial charge < -0.3 is 15.0 Å². The van der Waals surface area contributed by atoms with Crippen molar-refractivity contribution < 1.29 is 4.74 Å². The van der Waals surface area contributed by atoms with Gasteiger partial charge in [0.15, 0.2) is 5.82 Å². The van der Waals surface area contributed by atoms with Gasteiger partial charge in [-0.2, -0.15) is 0 Å². The van der Waals surface area contributed by atoms with Crippen molar-refractivity contribution in [3.63, 3.8) is 0 Å². The van der Waals surface area contributed by atoms with Gasteiger partial charge in [0.1, 0.15) is 17.4 Å². The number of H-pyrrole nitrogens is 1. The van der Waals surface area contributed by atoms with Gasteiger partial charge in [-0.25, -0.2) is 15.0 Å². The summed E-state index contributed by atoms with van der Waals surface area (Å²) >= 11 is 0. The summed E-state index contributed by atoms with van der Waals surface area (Å²) in [6.45, 7) is 2.52. The van der Waals surface area contributed by atoms with Gasteiger partial charge in [0.2, 0.25) is 0 Å². The molecule has 0 atom stereocenters. The number of imidazole rings is 1. The molecule has 130 valence electrons. The Hall–Kier alpha value is -3.41. The number of hydrogen-bond acceptors (Lipinski definition) is 5. The summed E-state index contributed by atoms with van der Waals surface area (Å²) in [5.74, 6) is 3.13. The molecule has 0 amide bonds. The number of aromatic nitrogens is 4. The average molecular weight is 345 g/mol. The topological polar surface area (TPSA) is 75.7 Å². The zero-order valence-corrected chi connectivity index (χ0v) is 14.7. The number of anilines is 1. The first-order chi connectivity index (χ1) is 12.7. The van der Waals surface area contributed by atoms with E-state index in [2.05, 4.69) is 25.3 Å². The number of aryl methyl sites for hydroxylation is 1. The molecule has 6 heteroatoms. The highest BCUT2D eigenvalue weighted by Gasteiger charge is 2.07. The van der Waals surface area contributed by atoms with E-state index in [1.807, 2.05) is 61.5 Å². The van der Waals surface area contributed by atoms with E-state index < -0.39 is 0 Å². The zero-order valence-electron chi connectivity index (χ0n) is 14.7. The Morgan fingerprint density at radius 2 is 1.81 bits per heavy atom. The molecule has 0 fully saturated rings. The zero-order chi connectivity index (χ0) is 17.9. The molecule has 6 nitrogen and oxygen atoms in total. The Morgan fingerprint density at radius 3 is 2.58 bits per heavy atom. The molecule has 2 heterocycles. The van der Waals surface area contributed by atoms with Crippen LogP contribution in [0.5, 0.6) is 5.75 Å². The second kappa shape index (κ2) is 6.84. The maximum atomic E-state index is 5.20. The molecule has 0 spiro atoms. The first kappa shape index (κ1) is 16.1. The van der Waals surface area contributed by atoms with Crippen molar-refractivity contribution in [3.05, 3.63) is 66.1 Å². The minimum absolute atomic E-state index is 0.563. The number of rotatable bonds is 5. The fraction of sp³-hybridized carbons (Fsp3) is 0.150. The van der Waals surface area contributed by atoms with Crippen LogP contribution in [0.15, 0.2) is 54.6 Å². The summed E-state index contributed by atoms with van der Waals surface area (Å²) in [6, 6.07) is 17.6. The summed E-state index contributed by atoms with van der Waals surface area (Å²) < 4.78 is 5.20. The van der Waals surface area contributed by atoms with Gasteiger partial charge in [-0.05, 0) is 43.3 Å². The number of aromatic amines is 1. The van der Waals surface area contributed by atoms with Gasteiger partial charge in [-0.3, -0.25) is 0 Å². The van der Waals surface area contributed by atoms with Crippen molar-refractivity contribution in [2.75, 3.05) is 12.4 Å². The lowest BCUT2D eigenvalue weighted by Crippen LogP contribution is -2.05. The van der Waals surface area contributed by atoms with Crippen LogP contribution in [0.1, 0.15) is 11.5 Å². The van der Waals surface area contributed by atoms with Crippen LogP contribution in [0.3, 0.4) is 0 Å². The third-order valence-electron chi connectivity index (χ3n) is 4.08. The van der Waals surface area contributed by atoms with E-state index in [1.54, 1.807) is 7.11 Å². The Balaban J connectivity index is 1.55. The number of para-hydroxylation sites is 2. The van der Waals surface area contributed by atoms with Crippen LogP contribution in [0, 0.1) is 6.92 Å². The predicted octanol–water partition coefficient (Wildman–Crippen LogP) is 3.95. The van der Waals surface area contributed by atoms with Gasteiger partial charge in [-0.15, -0.1) is 0 Å². The van der Waals surface area contributed by atoms with Crippen molar-refractivity contribution in [1.82, 2.24) is 19.9 Å². The Labute approximate surface area is 151 Å². The standard InChI is InChI=1S/C20H19N5O/c1-13-11-18(21-12-19-23-16-5-3-4-6-17(16)24-19)25-20(22-13)14-7-9-15(26-2)10-8-14/h3-11H,12H2,1-2H3,(H,23,24)(H,21,22,25). The molecule has 0 radical (unpaired) electrons. The number of hydrogen-bond donors (Lipinski definition) is 2. The third kappa shape index (κ3) is 3.35. The molecule has 4 aromatic rings. The maximum Gasteiger partial charge on any atom is 0.161 e. The van der Waals surface area contributed by atoms with Gasteiger partial charge in [0.05, 0.1) is 24.7 Å². The second-order valence-corrected chi connectivity index (χ2v) is 6.00. The van der Waals surface area contributed by atoms with E-state index >= 15 is 0 Å². The lowest BCUT2D eigenvalue weighted by molar-refractivity contribution is 0.415. The molecule has 0 aliphatic heterocycles. The molecule has 0 unspecified atom stereocenters. The smallest absolute Gasteiger partial charge is 0.161 e. The fourth-order valence-electron chi connectivity index (χ4n) is 2.79. The Bertz CT molecular complexity index is 1010. The number of fused-ring (bicyclic) bond motifs is 1. The van der Waals surface area contributed by atoms with E-state index in [0.717, 1.165) is 39.7 Å².